The molecule has 0 spiro atoms. The molecule has 234 valence electrons. The van der Waals surface area contributed by atoms with Crippen LogP contribution in [0.5, 0.6) is 0 Å². The highest BCUT2D eigenvalue weighted by molar-refractivity contribution is 5.82. The minimum Gasteiger partial charge on any atom is -1.00 e. The van der Waals surface area contributed by atoms with Gasteiger partial charge in [0.15, 0.2) is 5.58 Å². The number of quaternary nitrogens is 1. The number of aromatic nitrogens is 3. The van der Waals surface area contributed by atoms with Gasteiger partial charge in [0.25, 0.3) is 5.56 Å². The Hall–Kier alpha value is -3.12. The fourth-order valence-corrected chi connectivity index (χ4v) is 6.75. The first-order valence-corrected chi connectivity index (χ1v) is 15.4. The fraction of sp³-hybridized carbons (Fsp3) is 0.471. The molecule has 0 N–H and O–H groups in total. The van der Waals surface area contributed by atoms with Crippen LogP contribution in [0.15, 0.2) is 57.8 Å². The molecule has 0 bridgehead atoms. The van der Waals surface area contributed by atoms with Crippen molar-refractivity contribution in [1.82, 2.24) is 14.7 Å². The minimum atomic E-state index is -0.795. The van der Waals surface area contributed by atoms with Gasteiger partial charge in [0.05, 0.1) is 30.7 Å². The molecule has 8 nitrogen and oxygen atoms in total. The number of benzene rings is 2. The molecule has 6 rings (SSSR count). The van der Waals surface area contributed by atoms with Crippen molar-refractivity contribution in [3.8, 4) is 0 Å². The van der Waals surface area contributed by atoms with Crippen LogP contribution in [0.1, 0.15) is 73.8 Å². The van der Waals surface area contributed by atoms with Gasteiger partial charge in [-0.05, 0) is 51.3 Å². The Morgan fingerprint density at radius 1 is 1.14 bits per heavy atom. The molecule has 10 heteroatoms. The van der Waals surface area contributed by atoms with Crippen LogP contribution < -0.4 is 29.5 Å². The Labute approximate surface area is 274 Å². The van der Waals surface area contributed by atoms with E-state index in [1.54, 1.807) is 6.07 Å². The van der Waals surface area contributed by atoms with Gasteiger partial charge >= 0.3 is 5.97 Å². The van der Waals surface area contributed by atoms with E-state index < -0.39 is 5.41 Å². The third-order valence-electron chi connectivity index (χ3n) is 9.64. The predicted octanol–water partition coefficient (Wildman–Crippen LogP) is 2.59. The Morgan fingerprint density at radius 3 is 2.64 bits per heavy atom. The lowest BCUT2D eigenvalue weighted by Crippen LogP contribution is -3.00. The van der Waals surface area contributed by atoms with Gasteiger partial charge in [0, 0.05) is 60.9 Å². The van der Waals surface area contributed by atoms with Gasteiger partial charge in [0.1, 0.15) is 11.6 Å². The Kier molecular flexibility index (Phi) is 9.60. The molecule has 2 aromatic carbocycles. The molecule has 2 aliphatic heterocycles. The quantitative estimate of drug-likeness (QED) is 0.159. The first-order chi connectivity index (χ1) is 20.7. The summed E-state index contributed by atoms with van der Waals surface area (Å²) >= 11 is 0. The van der Waals surface area contributed by atoms with Crippen LogP contribution in [0, 0.1) is 12.7 Å². The number of ether oxygens (including phenoxy) is 1. The molecular formula is C34H40FIN4O4. The van der Waals surface area contributed by atoms with E-state index in [2.05, 4.69) is 5.16 Å². The minimum absolute atomic E-state index is 0. The highest BCUT2D eigenvalue weighted by atomic mass is 127. The highest BCUT2D eigenvalue weighted by Gasteiger charge is 2.39. The number of hydrogen-bond acceptors (Lipinski definition) is 6. The SMILES string of the molecule is Cc1nc2n(c(=O)c1CC[N+]1(COC(=O)C(C)(C)c3ccccc3)CCC(c3noc4cc(F)ccc34)CC1)CCCC2.[I-]. The van der Waals surface area contributed by atoms with E-state index in [-0.39, 0.29) is 54.0 Å². The number of carbonyl (C=O) groups is 1. The standard InChI is InChI=1S/C34H40FN4O4.HI/c1-23-27(32(40)38-17-8-7-11-30(38)36-23)16-20-39(22-42-33(41)34(2,3)25-9-5-4-6-10-25)18-14-24(15-19-39)31-28-13-12-26(35)21-29(28)43-37-31;/h4-6,9-10,12-13,21,24H,7-8,11,14-20,22H2,1-3H3;1H/q+1;/p-1. The summed E-state index contributed by atoms with van der Waals surface area (Å²) in [7, 11) is 0. The number of esters is 1. The molecule has 0 unspecified atom stereocenters. The van der Waals surface area contributed by atoms with Crippen molar-refractivity contribution in [2.24, 2.45) is 0 Å². The first-order valence-electron chi connectivity index (χ1n) is 15.4. The zero-order chi connectivity index (χ0) is 30.2. The summed E-state index contributed by atoms with van der Waals surface area (Å²) in [5.41, 5.74) is 3.04. The van der Waals surface area contributed by atoms with Gasteiger partial charge in [-0.15, -0.1) is 0 Å². The fourth-order valence-electron chi connectivity index (χ4n) is 6.75. The monoisotopic (exact) mass is 714 g/mol. The number of likely N-dealkylation sites (tertiary alicyclic amines) is 1. The van der Waals surface area contributed by atoms with Crippen molar-refractivity contribution in [3.05, 3.63) is 93.0 Å². The molecule has 44 heavy (non-hydrogen) atoms. The second kappa shape index (κ2) is 13.1. The van der Waals surface area contributed by atoms with E-state index in [9.17, 15) is 14.0 Å². The van der Waals surface area contributed by atoms with Crippen LogP contribution in [-0.4, -0.2) is 51.5 Å². The molecule has 0 saturated carbocycles. The first kappa shape index (κ1) is 32.3. The summed E-state index contributed by atoms with van der Waals surface area (Å²) in [6, 6.07) is 14.2. The number of aryl methyl sites for hydroxylation is 2. The summed E-state index contributed by atoms with van der Waals surface area (Å²) in [5, 5.41) is 5.16. The Bertz CT molecular complexity index is 1690. The van der Waals surface area contributed by atoms with E-state index in [1.807, 2.05) is 55.7 Å². The topological polar surface area (TPSA) is 87.2 Å². The van der Waals surface area contributed by atoms with Crippen molar-refractivity contribution in [3.63, 3.8) is 0 Å². The lowest BCUT2D eigenvalue weighted by atomic mass is 9.85. The third-order valence-corrected chi connectivity index (χ3v) is 9.64. The molecule has 2 aromatic heterocycles. The average molecular weight is 715 g/mol. The molecule has 0 amide bonds. The van der Waals surface area contributed by atoms with Gasteiger partial charge in [-0.1, -0.05) is 35.5 Å². The summed E-state index contributed by atoms with van der Waals surface area (Å²) < 4.78 is 27.7. The zero-order valence-electron chi connectivity index (χ0n) is 25.7. The maximum absolute atomic E-state index is 13.7. The van der Waals surface area contributed by atoms with Crippen LogP contribution in [-0.2, 0) is 34.3 Å². The van der Waals surface area contributed by atoms with Gasteiger partial charge in [0.2, 0.25) is 6.73 Å². The van der Waals surface area contributed by atoms with E-state index in [0.29, 0.717) is 23.0 Å². The largest absolute Gasteiger partial charge is 1.00 e. The van der Waals surface area contributed by atoms with Gasteiger partial charge in [-0.2, -0.15) is 0 Å². The second-order valence-electron chi connectivity index (χ2n) is 12.8. The van der Waals surface area contributed by atoms with E-state index in [1.165, 1.54) is 12.1 Å². The molecule has 4 aromatic rings. The van der Waals surface area contributed by atoms with Gasteiger partial charge in [-0.25, -0.2) is 9.37 Å². The van der Waals surface area contributed by atoms with Crippen LogP contribution in [0.2, 0.25) is 0 Å². The van der Waals surface area contributed by atoms with E-state index in [0.717, 1.165) is 85.5 Å². The van der Waals surface area contributed by atoms with Crippen LogP contribution in [0.4, 0.5) is 4.39 Å². The van der Waals surface area contributed by atoms with E-state index >= 15 is 0 Å². The van der Waals surface area contributed by atoms with Gasteiger partial charge < -0.3 is 33.2 Å². The molecular weight excluding hydrogens is 674 g/mol. The summed E-state index contributed by atoms with van der Waals surface area (Å²) in [6.45, 7) is 8.82. The summed E-state index contributed by atoms with van der Waals surface area (Å²) in [5.74, 6) is 0.415. The van der Waals surface area contributed by atoms with Crippen molar-refractivity contribution in [2.45, 2.75) is 77.2 Å². The lowest BCUT2D eigenvalue weighted by molar-refractivity contribution is -0.948. The second-order valence-corrected chi connectivity index (χ2v) is 12.8. The summed E-state index contributed by atoms with van der Waals surface area (Å²) in [4.78, 5) is 31.8. The van der Waals surface area contributed by atoms with Crippen molar-refractivity contribution in [1.29, 1.82) is 0 Å². The number of halogens is 2. The number of nitrogens with zero attached hydrogens (tertiary/aromatic N) is 4. The van der Waals surface area contributed by atoms with Crippen LogP contribution in [0.3, 0.4) is 0 Å². The smallest absolute Gasteiger partial charge is 0.320 e. The number of hydrogen-bond donors (Lipinski definition) is 0. The van der Waals surface area contributed by atoms with Crippen LogP contribution in [0.25, 0.3) is 11.0 Å². The number of fused-ring (bicyclic) bond motifs is 2. The maximum Gasteiger partial charge on any atom is 0.320 e. The molecule has 0 aliphatic carbocycles. The number of carbonyl (C=O) groups excluding carboxylic acids is 1. The van der Waals surface area contributed by atoms with Crippen molar-refractivity contribution in [2.75, 3.05) is 26.4 Å². The lowest BCUT2D eigenvalue weighted by Gasteiger charge is -2.43. The molecule has 0 atom stereocenters. The maximum atomic E-state index is 13.7. The number of piperidine rings is 1. The molecule has 4 heterocycles. The third kappa shape index (κ3) is 6.33. The zero-order valence-corrected chi connectivity index (χ0v) is 27.8. The van der Waals surface area contributed by atoms with Crippen LogP contribution >= 0.6 is 0 Å². The molecule has 1 fully saturated rings. The average Bonchev–Trinajstić information content (AvgIpc) is 3.43. The molecule has 1 saturated heterocycles. The Balaban J connectivity index is 0.00000384. The number of rotatable bonds is 8. The van der Waals surface area contributed by atoms with E-state index in [4.69, 9.17) is 14.2 Å². The molecule has 2 aliphatic rings. The van der Waals surface area contributed by atoms with Crippen molar-refractivity contribution >= 4 is 16.9 Å². The van der Waals surface area contributed by atoms with Crippen molar-refractivity contribution < 1.29 is 46.9 Å². The Morgan fingerprint density at radius 2 is 1.89 bits per heavy atom. The predicted molar refractivity (Wildman–Crippen MR) is 161 cm³/mol. The normalized spacial score (nSPS) is 20.1. The van der Waals surface area contributed by atoms with Gasteiger partial charge in [-0.3, -0.25) is 18.6 Å². The summed E-state index contributed by atoms with van der Waals surface area (Å²) in [6.07, 6.45) is 5.07. The highest BCUT2D eigenvalue weighted by Crippen LogP contribution is 2.36. The molecule has 0 radical (unpaired) electrons.